The Morgan fingerprint density at radius 1 is 1.30 bits per heavy atom. The van der Waals surface area contributed by atoms with Gasteiger partial charge in [0.1, 0.15) is 17.5 Å². The van der Waals surface area contributed by atoms with Gasteiger partial charge in [0.25, 0.3) is 0 Å². The Balaban J connectivity index is 2.04. The Bertz CT molecular complexity index is 461. The summed E-state index contributed by atoms with van der Waals surface area (Å²) < 4.78 is 0. The van der Waals surface area contributed by atoms with Gasteiger partial charge in [0.2, 0.25) is 0 Å². The zero-order valence-corrected chi connectivity index (χ0v) is 13.0. The van der Waals surface area contributed by atoms with Crippen LogP contribution in [0.1, 0.15) is 18.3 Å². The normalized spacial score (nSPS) is 21.1. The van der Waals surface area contributed by atoms with E-state index in [0.29, 0.717) is 11.9 Å². The van der Waals surface area contributed by atoms with Crippen molar-refractivity contribution in [2.75, 3.05) is 51.3 Å². The molecule has 0 radical (unpaired) electrons. The fourth-order valence-electron chi connectivity index (χ4n) is 2.45. The van der Waals surface area contributed by atoms with Crippen LogP contribution in [0, 0.1) is 6.92 Å². The number of hydrogen-bond acceptors (Lipinski definition) is 6. The standard InChI is InChI=1S/C14H26N6/c1-5-12-17-13(15)10(2)14(18-12)16-8-11-9-19(3)6-7-20(11)4/h11H,5-9H2,1-4H3,(H3,15,16,17,18). The van der Waals surface area contributed by atoms with Gasteiger partial charge < -0.3 is 16.0 Å². The molecule has 0 aliphatic carbocycles. The summed E-state index contributed by atoms with van der Waals surface area (Å²) in [5.74, 6) is 2.24. The highest BCUT2D eigenvalue weighted by atomic mass is 15.3. The van der Waals surface area contributed by atoms with Crippen molar-refractivity contribution in [3.05, 3.63) is 11.4 Å². The summed E-state index contributed by atoms with van der Waals surface area (Å²) in [4.78, 5) is 13.6. The number of piperazine rings is 1. The number of aromatic nitrogens is 2. The molecule has 0 spiro atoms. The second kappa shape index (κ2) is 6.37. The summed E-state index contributed by atoms with van der Waals surface area (Å²) >= 11 is 0. The van der Waals surface area contributed by atoms with E-state index in [0.717, 1.165) is 49.8 Å². The number of nitrogen functional groups attached to an aromatic ring is 1. The topological polar surface area (TPSA) is 70.3 Å². The van der Waals surface area contributed by atoms with E-state index in [2.05, 4.69) is 39.2 Å². The molecule has 6 heteroatoms. The predicted molar refractivity (Wildman–Crippen MR) is 83.0 cm³/mol. The number of nitrogens with one attached hydrogen (secondary N) is 1. The Morgan fingerprint density at radius 3 is 2.75 bits per heavy atom. The summed E-state index contributed by atoms with van der Waals surface area (Å²) in [7, 11) is 4.35. The number of rotatable bonds is 4. The Kier molecular flexibility index (Phi) is 4.77. The molecule has 0 saturated carbocycles. The van der Waals surface area contributed by atoms with Crippen molar-refractivity contribution in [3.8, 4) is 0 Å². The van der Waals surface area contributed by atoms with Gasteiger partial charge in [-0.3, -0.25) is 4.90 Å². The minimum absolute atomic E-state index is 0.495. The number of anilines is 2. The third kappa shape index (κ3) is 3.37. The average molecular weight is 278 g/mol. The largest absolute Gasteiger partial charge is 0.383 e. The lowest BCUT2D eigenvalue weighted by atomic mass is 10.2. The molecule has 1 unspecified atom stereocenters. The molecule has 0 aromatic carbocycles. The monoisotopic (exact) mass is 278 g/mol. The van der Waals surface area contributed by atoms with Crippen LogP contribution < -0.4 is 11.1 Å². The summed E-state index contributed by atoms with van der Waals surface area (Å²) in [6.45, 7) is 8.19. The number of nitrogens with zero attached hydrogens (tertiary/aromatic N) is 4. The molecule has 1 aliphatic heterocycles. The first-order valence-electron chi connectivity index (χ1n) is 7.27. The van der Waals surface area contributed by atoms with Crippen molar-refractivity contribution < 1.29 is 0 Å². The van der Waals surface area contributed by atoms with Gasteiger partial charge in [-0.25, -0.2) is 9.97 Å². The van der Waals surface area contributed by atoms with E-state index in [1.165, 1.54) is 0 Å². The van der Waals surface area contributed by atoms with Gasteiger partial charge in [-0.05, 0) is 21.0 Å². The van der Waals surface area contributed by atoms with Gasteiger partial charge in [-0.1, -0.05) is 6.92 Å². The fourth-order valence-corrected chi connectivity index (χ4v) is 2.45. The molecule has 6 nitrogen and oxygen atoms in total. The maximum atomic E-state index is 5.95. The molecule has 1 aromatic rings. The van der Waals surface area contributed by atoms with E-state index in [1.807, 2.05) is 13.8 Å². The second-order valence-electron chi connectivity index (χ2n) is 5.63. The van der Waals surface area contributed by atoms with Gasteiger partial charge in [0.15, 0.2) is 0 Å². The Morgan fingerprint density at radius 2 is 2.05 bits per heavy atom. The first-order valence-corrected chi connectivity index (χ1v) is 7.27. The average Bonchev–Trinajstić information content (AvgIpc) is 2.43. The number of aryl methyl sites for hydroxylation is 1. The lowest BCUT2D eigenvalue weighted by molar-refractivity contribution is 0.122. The van der Waals surface area contributed by atoms with E-state index in [-0.39, 0.29) is 0 Å². The maximum absolute atomic E-state index is 5.95. The molecule has 2 rings (SSSR count). The highest BCUT2D eigenvalue weighted by Crippen LogP contribution is 2.18. The lowest BCUT2D eigenvalue weighted by Crippen LogP contribution is -2.52. The molecule has 1 saturated heterocycles. The van der Waals surface area contributed by atoms with E-state index in [9.17, 15) is 0 Å². The highest BCUT2D eigenvalue weighted by molar-refractivity contribution is 5.54. The first kappa shape index (κ1) is 15.0. The van der Waals surface area contributed by atoms with Gasteiger partial charge in [-0.2, -0.15) is 0 Å². The van der Waals surface area contributed by atoms with Gasteiger partial charge in [0, 0.05) is 44.2 Å². The molecule has 1 aliphatic rings. The predicted octanol–water partition coefficient (Wildman–Crippen LogP) is 0.587. The van der Waals surface area contributed by atoms with Crippen LogP contribution in [0.4, 0.5) is 11.6 Å². The van der Waals surface area contributed by atoms with E-state index >= 15 is 0 Å². The SMILES string of the molecule is CCc1nc(N)c(C)c(NCC2CN(C)CCN2C)n1. The van der Waals surface area contributed by atoms with Crippen LogP contribution in [0.3, 0.4) is 0 Å². The third-order valence-corrected chi connectivity index (χ3v) is 4.03. The molecule has 1 fully saturated rings. The lowest BCUT2D eigenvalue weighted by Gasteiger charge is -2.37. The molecule has 0 bridgehead atoms. The zero-order valence-electron chi connectivity index (χ0n) is 13.0. The molecule has 20 heavy (non-hydrogen) atoms. The van der Waals surface area contributed by atoms with Crippen LogP contribution in [-0.2, 0) is 6.42 Å². The van der Waals surface area contributed by atoms with Gasteiger partial charge >= 0.3 is 0 Å². The Labute approximate surface area is 121 Å². The van der Waals surface area contributed by atoms with Crippen molar-refractivity contribution in [1.29, 1.82) is 0 Å². The van der Waals surface area contributed by atoms with Crippen molar-refractivity contribution in [2.24, 2.45) is 0 Å². The Hall–Kier alpha value is -1.40. The van der Waals surface area contributed by atoms with Crippen LogP contribution in [0.25, 0.3) is 0 Å². The number of nitrogens with two attached hydrogens (primary N) is 1. The summed E-state index contributed by atoms with van der Waals surface area (Å²) in [5.41, 5.74) is 6.88. The molecular weight excluding hydrogens is 252 g/mol. The second-order valence-corrected chi connectivity index (χ2v) is 5.63. The number of hydrogen-bond donors (Lipinski definition) is 2. The summed E-state index contributed by atoms with van der Waals surface area (Å²) in [6, 6.07) is 0.495. The molecule has 0 amide bonds. The minimum Gasteiger partial charge on any atom is -0.383 e. The van der Waals surface area contributed by atoms with Crippen molar-refractivity contribution in [2.45, 2.75) is 26.3 Å². The maximum Gasteiger partial charge on any atom is 0.134 e. The van der Waals surface area contributed by atoms with E-state index < -0.39 is 0 Å². The van der Waals surface area contributed by atoms with Gasteiger partial charge in [0.05, 0.1) is 0 Å². The van der Waals surface area contributed by atoms with E-state index in [1.54, 1.807) is 0 Å². The molecule has 112 valence electrons. The van der Waals surface area contributed by atoms with Crippen molar-refractivity contribution in [1.82, 2.24) is 19.8 Å². The van der Waals surface area contributed by atoms with E-state index in [4.69, 9.17) is 5.73 Å². The quantitative estimate of drug-likeness (QED) is 0.840. The highest BCUT2D eigenvalue weighted by Gasteiger charge is 2.22. The zero-order chi connectivity index (χ0) is 14.7. The number of likely N-dealkylation sites (N-methyl/N-ethyl adjacent to an activating group) is 2. The van der Waals surface area contributed by atoms with Crippen molar-refractivity contribution in [3.63, 3.8) is 0 Å². The minimum atomic E-state index is 0.495. The third-order valence-electron chi connectivity index (χ3n) is 4.03. The van der Waals surface area contributed by atoms with Crippen molar-refractivity contribution >= 4 is 11.6 Å². The first-order chi connectivity index (χ1) is 9.51. The van der Waals surface area contributed by atoms with Crippen LogP contribution in [0.5, 0.6) is 0 Å². The van der Waals surface area contributed by atoms with Crippen LogP contribution in [-0.4, -0.2) is 66.1 Å². The smallest absolute Gasteiger partial charge is 0.134 e. The molecule has 1 atom stereocenters. The summed E-state index contributed by atoms with van der Waals surface area (Å²) in [6.07, 6.45) is 0.797. The van der Waals surface area contributed by atoms with Crippen LogP contribution in [0.2, 0.25) is 0 Å². The van der Waals surface area contributed by atoms with Crippen LogP contribution in [0.15, 0.2) is 0 Å². The van der Waals surface area contributed by atoms with Gasteiger partial charge in [-0.15, -0.1) is 0 Å². The van der Waals surface area contributed by atoms with Crippen LogP contribution >= 0.6 is 0 Å². The molecular formula is C14H26N6. The molecule has 2 heterocycles. The molecule has 1 aromatic heterocycles. The molecule has 3 N–H and O–H groups in total. The fraction of sp³-hybridized carbons (Fsp3) is 0.714. The summed E-state index contributed by atoms with van der Waals surface area (Å²) in [5, 5.41) is 3.45.